The van der Waals surface area contributed by atoms with Crippen molar-refractivity contribution >= 4 is 0 Å². The molecule has 0 aromatic heterocycles. The molecule has 1 aliphatic rings. The Kier molecular flexibility index (Phi) is 3.62. The number of hydrogen-bond acceptors (Lipinski definition) is 2. The number of rotatable bonds is 3. The van der Waals surface area contributed by atoms with E-state index in [9.17, 15) is 0 Å². The predicted octanol–water partition coefficient (Wildman–Crippen LogP) is 2.79. The number of methoxy groups -OCH3 is 1. The van der Waals surface area contributed by atoms with Gasteiger partial charge in [-0.25, -0.2) is 0 Å². The van der Waals surface area contributed by atoms with E-state index < -0.39 is 0 Å². The summed E-state index contributed by atoms with van der Waals surface area (Å²) < 4.78 is 10.7. The van der Waals surface area contributed by atoms with E-state index >= 15 is 0 Å². The molecule has 0 spiro atoms. The number of allylic oxidation sites excluding steroid dienone is 3. The van der Waals surface area contributed by atoms with Gasteiger partial charge in [0.05, 0.1) is 13.7 Å². The average Bonchev–Trinajstić information content (AvgIpc) is 2.20. The fourth-order valence-electron chi connectivity index (χ4n) is 1.48. The molecule has 2 nitrogen and oxygen atoms in total. The summed E-state index contributed by atoms with van der Waals surface area (Å²) in [5.74, 6) is 1.76. The molecule has 72 valence electrons. The average molecular weight is 180 g/mol. The molecule has 0 saturated carbocycles. The van der Waals surface area contributed by atoms with Gasteiger partial charge in [-0.05, 0) is 31.9 Å². The second kappa shape index (κ2) is 4.75. The molecule has 0 unspecified atom stereocenters. The zero-order valence-corrected chi connectivity index (χ0v) is 8.30. The van der Waals surface area contributed by atoms with Crippen molar-refractivity contribution in [1.29, 1.82) is 0 Å². The van der Waals surface area contributed by atoms with Crippen LogP contribution in [0, 0.1) is 0 Å². The molecule has 0 aromatic carbocycles. The summed E-state index contributed by atoms with van der Waals surface area (Å²) in [6.07, 6.45) is 5.76. The topological polar surface area (TPSA) is 18.5 Å². The van der Waals surface area contributed by atoms with Crippen LogP contribution in [0.4, 0.5) is 0 Å². The van der Waals surface area contributed by atoms with Crippen molar-refractivity contribution in [2.45, 2.75) is 19.8 Å². The predicted molar refractivity (Wildman–Crippen MR) is 53.2 cm³/mol. The van der Waals surface area contributed by atoms with Crippen LogP contribution in [0.2, 0.25) is 0 Å². The normalized spacial score (nSPS) is 18.2. The summed E-state index contributed by atoms with van der Waals surface area (Å²) in [5, 5.41) is 0. The van der Waals surface area contributed by atoms with Crippen LogP contribution in [0.1, 0.15) is 19.8 Å². The fourth-order valence-corrected chi connectivity index (χ4v) is 1.48. The molecule has 2 heteroatoms. The Bertz CT molecular complexity index is 249. The highest BCUT2D eigenvalue weighted by Gasteiger charge is 2.15. The maximum atomic E-state index is 5.47. The molecular weight excluding hydrogens is 164 g/mol. The summed E-state index contributed by atoms with van der Waals surface area (Å²) in [7, 11) is 1.68. The largest absolute Gasteiger partial charge is 0.497 e. The van der Waals surface area contributed by atoms with Gasteiger partial charge in [0.1, 0.15) is 11.5 Å². The van der Waals surface area contributed by atoms with Crippen LogP contribution >= 0.6 is 0 Å². The molecule has 0 bridgehead atoms. The minimum Gasteiger partial charge on any atom is -0.497 e. The Hall–Kier alpha value is -1.18. The lowest BCUT2D eigenvalue weighted by Crippen LogP contribution is -2.08. The maximum Gasteiger partial charge on any atom is 0.125 e. The lowest BCUT2D eigenvalue weighted by molar-refractivity contribution is 0.191. The zero-order chi connectivity index (χ0) is 9.68. The molecule has 1 rings (SSSR count). The first kappa shape index (κ1) is 9.90. The summed E-state index contributed by atoms with van der Waals surface area (Å²) in [4.78, 5) is 0. The zero-order valence-electron chi connectivity index (χ0n) is 8.30. The Labute approximate surface area is 79.5 Å². The highest BCUT2D eigenvalue weighted by Crippen LogP contribution is 2.26. The van der Waals surface area contributed by atoms with Gasteiger partial charge in [-0.2, -0.15) is 0 Å². The van der Waals surface area contributed by atoms with Crippen LogP contribution in [0.5, 0.6) is 0 Å². The highest BCUT2D eigenvalue weighted by atomic mass is 16.5. The second-order valence-electron chi connectivity index (χ2n) is 2.86. The smallest absolute Gasteiger partial charge is 0.125 e. The molecule has 13 heavy (non-hydrogen) atoms. The third-order valence-corrected chi connectivity index (χ3v) is 2.09. The molecule has 1 heterocycles. The van der Waals surface area contributed by atoms with E-state index in [0.717, 1.165) is 36.5 Å². The van der Waals surface area contributed by atoms with Crippen LogP contribution in [-0.2, 0) is 9.47 Å². The van der Waals surface area contributed by atoms with Crippen LogP contribution in [0.15, 0.2) is 35.8 Å². The summed E-state index contributed by atoms with van der Waals surface area (Å²) in [6, 6.07) is 0. The molecule has 0 aliphatic carbocycles. The minimum absolute atomic E-state index is 0.783. The van der Waals surface area contributed by atoms with Gasteiger partial charge in [-0.1, -0.05) is 6.58 Å². The molecule has 0 saturated heterocycles. The third-order valence-electron chi connectivity index (χ3n) is 2.09. The lowest BCUT2D eigenvalue weighted by atomic mass is 10.0. The quantitative estimate of drug-likeness (QED) is 0.622. The Morgan fingerprint density at radius 1 is 1.62 bits per heavy atom. The van der Waals surface area contributed by atoms with Gasteiger partial charge in [0, 0.05) is 5.57 Å². The van der Waals surface area contributed by atoms with Crippen molar-refractivity contribution in [1.82, 2.24) is 0 Å². The van der Waals surface area contributed by atoms with Crippen molar-refractivity contribution in [3.8, 4) is 0 Å². The van der Waals surface area contributed by atoms with Crippen LogP contribution in [0.25, 0.3) is 0 Å². The molecular formula is C11H16O2. The first-order chi connectivity index (χ1) is 6.33. The van der Waals surface area contributed by atoms with Crippen molar-refractivity contribution in [3.63, 3.8) is 0 Å². The van der Waals surface area contributed by atoms with Gasteiger partial charge >= 0.3 is 0 Å². The van der Waals surface area contributed by atoms with Crippen LogP contribution < -0.4 is 0 Å². The van der Waals surface area contributed by atoms with Crippen molar-refractivity contribution in [3.05, 3.63) is 35.8 Å². The van der Waals surface area contributed by atoms with Crippen LogP contribution in [0.3, 0.4) is 0 Å². The van der Waals surface area contributed by atoms with E-state index in [2.05, 4.69) is 6.58 Å². The monoisotopic (exact) mass is 180 g/mol. The first-order valence-corrected chi connectivity index (χ1v) is 4.52. The highest BCUT2D eigenvalue weighted by molar-refractivity contribution is 5.34. The Morgan fingerprint density at radius 3 is 2.92 bits per heavy atom. The van der Waals surface area contributed by atoms with E-state index in [1.165, 1.54) is 0 Å². The Balaban J connectivity index is 2.96. The molecule has 0 atom stereocenters. The van der Waals surface area contributed by atoms with Gasteiger partial charge in [-0.15, -0.1) is 0 Å². The van der Waals surface area contributed by atoms with Crippen molar-refractivity contribution < 1.29 is 9.47 Å². The second-order valence-corrected chi connectivity index (χ2v) is 2.86. The standard InChI is InChI=1S/C11H16O2/c1-4-10(12-3)9-7-6-8-13-11(9)5-2/h4-5H,2,6-8H2,1,3H3/b10-4+. The summed E-state index contributed by atoms with van der Waals surface area (Å²) in [5.41, 5.74) is 1.13. The SMILES string of the molecule is C=CC1=C(/C(=C\C)OC)CCCO1. The van der Waals surface area contributed by atoms with Crippen molar-refractivity contribution in [2.75, 3.05) is 13.7 Å². The molecule has 0 aromatic rings. The number of hydrogen-bond donors (Lipinski definition) is 0. The van der Waals surface area contributed by atoms with Gasteiger partial charge < -0.3 is 9.47 Å². The van der Waals surface area contributed by atoms with Gasteiger partial charge in [0.15, 0.2) is 0 Å². The maximum absolute atomic E-state index is 5.47. The molecule has 0 fully saturated rings. The van der Waals surface area contributed by atoms with Crippen molar-refractivity contribution in [2.24, 2.45) is 0 Å². The Morgan fingerprint density at radius 2 is 2.38 bits per heavy atom. The molecule has 0 amide bonds. The van der Waals surface area contributed by atoms with E-state index in [0.29, 0.717) is 0 Å². The van der Waals surface area contributed by atoms with E-state index in [1.807, 2.05) is 13.0 Å². The van der Waals surface area contributed by atoms with Gasteiger partial charge in [-0.3, -0.25) is 0 Å². The number of ether oxygens (including phenoxy) is 2. The summed E-state index contributed by atoms with van der Waals surface area (Å²) >= 11 is 0. The lowest BCUT2D eigenvalue weighted by Gasteiger charge is -2.20. The first-order valence-electron chi connectivity index (χ1n) is 4.52. The van der Waals surface area contributed by atoms with Gasteiger partial charge in [0.25, 0.3) is 0 Å². The van der Waals surface area contributed by atoms with Gasteiger partial charge in [0.2, 0.25) is 0 Å². The fraction of sp³-hybridized carbons (Fsp3) is 0.455. The molecule has 0 N–H and O–H groups in total. The van der Waals surface area contributed by atoms with E-state index in [4.69, 9.17) is 9.47 Å². The summed E-state index contributed by atoms with van der Waals surface area (Å²) in [6.45, 7) is 6.46. The minimum atomic E-state index is 0.783. The molecule has 1 aliphatic heterocycles. The van der Waals surface area contributed by atoms with E-state index in [1.54, 1.807) is 13.2 Å². The third kappa shape index (κ3) is 2.14. The van der Waals surface area contributed by atoms with E-state index in [-0.39, 0.29) is 0 Å². The van der Waals surface area contributed by atoms with Crippen LogP contribution in [-0.4, -0.2) is 13.7 Å². The molecule has 0 radical (unpaired) electrons.